The maximum atomic E-state index is 14.3. The topological polar surface area (TPSA) is 128 Å². The number of hydrogen-bond donors (Lipinski definition) is 2. The number of hydrogen-bond acceptors (Lipinski definition) is 7. The number of alkyl carbamates (subject to hydrolysis) is 1. The molecule has 4 fully saturated rings. The minimum absolute atomic E-state index is 0.00141. The Morgan fingerprint density at radius 2 is 1.71 bits per heavy atom. The van der Waals surface area contributed by atoms with Gasteiger partial charge in [0, 0.05) is 42.7 Å². The van der Waals surface area contributed by atoms with Gasteiger partial charge in [-0.25, -0.2) is 14.0 Å². The Morgan fingerprint density at radius 1 is 0.962 bits per heavy atom. The Labute approximate surface area is 306 Å². The number of benzene rings is 1. The third-order valence-corrected chi connectivity index (χ3v) is 11.8. The van der Waals surface area contributed by atoms with Crippen molar-refractivity contribution in [2.45, 2.75) is 122 Å². The molecule has 4 atom stereocenters. The number of rotatable bonds is 10. The lowest BCUT2D eigenvalue weighted by Gasteiger charge is -2.37. The summed E-state index contributed by atoms with van der Waals surface area (Å²) in [6.45, 7) is 6.07. The molecule has 2 saturated carbocycles. The molecule has 0 unspecified atom stereocenters. The Balaban J connectivity index is 1.13. The van der Waals surface area contributed by atoms with E-state index in [9.17, 15) is 23.6 Å². The molecule has 3 heterocycles. The highest BCUT2D eigenvalue weighted by atomic mass is 19.1. The van der Waals surface area contributed by atoms with Crippen LogP contribution in [0.15, 0.2) is 24.3 Å². The molecular formula is C40H57FN4O7. The van der Waals surface area contributed by atoms with Crippen molar-refractivity contribution in [2.24, 2.45) is 30.7 Å². The Morgan fingerprint density at radius 3 is 2.38 bits per heavy atom. The second kappa shape index (κ2) is 16.6. The lowest BCUT2D eigenvalue weighted by atomic mass is 9.76. The molecule has 6 rings (SSSR count). The van der Waals surface area contributed by atoms with E-state index in [4.69, 9.17) is 14.2 Å². The number of esters is 1. The monoisotopic (exact) mass is 724 g/mol. The van der Waals surface area contributed by atoms with Gasteiger partial charge in [0.15, 0.2) is 0 Å². The molecule has 0 radical (unpaired) electrons. The van der Waals surface area contributed by atoms with Crippen LogP contribution in [-0.2, 0) is 30.8 Å². The van der Waals surface area contributed by atoms with Gasteiger partial charge in [-0.3, -0.25) is 9.59 Å². The van der Waals surface area contributed by atoms with Crippen molar-refractivity contribution in [2.75, 3.05) is 31.7 Å². The first-order valence-corrected chi connectivity index (χ1v) is 19.5. The summed E-state index contributed by atoms with van der Waals surface area (Å²) >= 11 is 0. The molecule has 12 heteroatoms. The molecule has 2 saturated heterocycles. The largest absolute Gasteiger partial charge is 0.458 e. The first-order chi connectivity index (χ1) is 24.9. The number of carbonyl (C=O) groups is 4. The minimum Gasteiger partial charge on any atom is -0.458 e. The maximum Gasteiger partial charge on any atom is 0.407 e. The molecular weight excluding hydrogens is 667 g/mol. The summed E-state index contributed by atoms with van der Waals surface area (Å²) in [5.74, 6) is -0.464. The highest BCUT2D eigenvalue weighted by molar-refractivity contribution is 6.01. The fourth-order valence-corrected chi connectivity index (χ4v) is 9.06. The number of alkyl halides is 1. The minimum atomic E-state index is -0.698. The van der Waals surface area contributed by atoms with Crippen molar-refractivity contribution < 1.29 is 37.8 Å². The molecule has 0 bridgehead atoms. The summed E-state index contributed by atoms with van der Waals surface area (Å²) in [5, 5.41) is 6.65. The summed E-state index contributed by atoms with van der Waals surface area (Å²) in [7, 11) is 1.82. The molecule has 286 valence electrons. The number of anilines is 1. The third-order valence-electron chi connectivity index (χ3n) is 11.8. The molecule has 2 aromatic rings. The van der Waals surface area contributed by atoms with Gasteiger partial charge in [0.25, 0.3) is 0 Å². The lowest BCUT2D eigenvalue weighted by Crippen LogP contribution is -2.50. The van der Waals surface area contributed by atoms with E-state index in [1.807, 2.05) is 30.1 Å². The van der Waals surface area contributed by atoms with Crippen molar-refractivity contribution in [3.63, 3.8) is 0 Å². The number of amides is 3. The quantitative estimate of drug-likeness (QED) is 0.255. The zero-order valence-electron chi connectivity index (χ0n) is 31.3. The maximum absolute atomic E-state index is 14.3. The predicted octanol–water partition coefficient (Wildman–Crippen LogP) is 6.92. The number of likely N-dealkylation sites (tertiary alicyclic amines) is 1. The van der Waals surface area contributed by atoms with Crippen LogP contribution in [0.2, 0.25) is 0 Å². The lowest BCUT2D eigenvalue weighted by molar-refractivity contribution is -0.142. The van der Waals surface area contributed by atoms with E-state index >= 15 is 0 Å². The summed E-state index contributed by atoms with van der Waals surface area (Å²) in [6.07, 6.45) is 9.96. The average Bonchev–Trinajstić information content (AvgIpc) is 3.88. The molecule has 2 aliphatic carbocycles. The predicted molar refractivity (Wildman–Crippen MR) is 196 cm³/mol. The van der Waals surface area contributed by atoms with Gasteiger partial charge in [0.05, 0.1) is 12.1 Å². The number of aryl methyl sites for hydroxylation is 1. The van der Waals surface area contributed by atoms with Crippen LogP contribution < -0.4 is 10.6 Å². The summed E-state index contributed by atoms with van der Waals surface area (Å²) in [6, 6.07) is 6.14. The SMILES string of the molecule is Cn1c(C(=O)OC[C@@H]2CCCO2)cc2cc(NC(=O)[C@@H]3[C@H](C4CCCCC4)CCN3C(=O)C3CCC([C@@H](CF)NC(=O)OC(C)(C)C)CC3)ccc21. The van der Waals surface area contributed by atoms with E-state index in [1.54, 1.807) is 31.4 Å². The van der Waals surface area contributed by atoms with Crippen LogP contribution in [0.4, 0.5) is 14.9 Å². The van der Waals surface area contributed by atoms with Crippen molar-refractivity contribution in [1.82, 2.24) is 14.8 Å². The van der Waals surface area contributed by atoms with Crippen molar-refractivity contribution in [3.05, 3.63) is 30.0 Å². The molecule has 3 amide bonds. The number of aromatic nitrogens is 1. The van der Waals surface area contributed by atoms with Gasteiger partial charge in [-0.2, -0.15) is 0 Å². The van der Waals surface area contributed by atoms with Crippen molar-refractivity contribution in [1.29, 1.82) is 0 Å². The first-order valence-electron chi connectivity index (χ1n) is 19.5. The van der Waals surface area contributed by atoms with Gasteiger partial charge in [0.1, 0.15) is 30.6 Å². The standard InChI is InChI=1S/C40H57FN4O7/c1-40(2,3)52-39(49)43-32(23-41)26-12-14-27(15-13-26)37(47)45-19-18-31(25-9-6-5-7-10-25)35(45)36(46)42-29-16-17-33-28(21-29)22-34(44(33)4)38(48)51-24-30-11-8-20-50-30/h16-17,21-22,25-27,30-32,35H,5-15,18-20,23-24H2,1-4H3,(H,42,46)(H,43,49)/t26?,27?,30-,31-,32+,35-/m0/s1. The van der Waals surface area contributed by atoms with Gasteiger partial charge >= 0.3 is 12.1 Å². The third kappa shape index (κ3) is 8.92. The number of halogens is 1. The van der Waals surface area contributed by atoms with Gasteiger partial charge in [-0.05, 0) is 108 Å². The first kappa shape index (κ1) is 38.1. The zero-order chi connectivity index (χ0) is 37.0. The Kier molecular flexibility index (Phi) is 12.1. The van der Waals surface area contributed by atoms with E-state index in [0.717, 1.165) is 55.8 Å². The molecule has 2 aliphatic heterocycles. The number of fused-ring (bicyclic) bond motifs is 1. The van der Waals surface area contributed by atoms with Gasteiger partial charge in [-0.1, -0.05) is 32.1 Å². The van der Waals surface area contributed by atoms with Crippen LogP contribution >= 0.6 is 0 Å². The fourth-order valence-electron chi connectivity index (χ4n) is 9.06. The number of nitrogens with one attached hydrogen (secondary N) is 2. The fraction of sp³-hybridized carbons (Fsp3) is 0.700. The van der Waals surface area contributed by atoms with Crippen LogP contribution in [0.3, 0.4) is 0 Å². The van der Waals surface area contributed by atoms with Crippen LogP contribution in [0.25, 0.3) is 10.9 Å². The van der Waals surface area contributed by atoms with Gasteiger partial charge in [0.2, 0.25) is 11.8 Å². The summed E-state index contributed by atoms with van der Waals surface area (Å²) in [4.78, 5) is 55.6. The van der Waals surface area contributed by atoms with Crippen LogP contribution in [0, 0.1) is 23.7 Å². The molecule has 4 aliphatic rings. The normalized spacial score (nSPS) is 26.2. The zero-order valence-corrected chi connectivity index (χ0v) is 31.3. The Bertz CT molecular complexity index is 1580. The summed E-state index contributed by atoms with van der Waals surface area (Å²) in [5.41, 5.74) is 1.20. The van der Waals surface area contributed by atoms with E-state index in [-0.39, 0.29) is 42.3 Å². The van der Waals surface area contributed by atoms with E-state index in [0.29, 0.717) is 56.1 Å². The molecule has 52 heavy (non-hydrogen) atoms. The summed E-state index contributed by atoms with van der Waals surface area (Å²) < 4.78 is 32.4. The molecule has 0 spiro atoms. The van der Waals surface area contributed by atoms with Crippen molar-refractivity contribution in [3.8, 4) is 0 Å². The molecule has 11 nitrogen and oxygen atoms in total. The van der Waals surface area contributed by atoms with Crippen molar-refractivity contribution >= 4 is 40.5 Å². The molecule has 1 aromatic heterocycles. The number of ether oxygens (including phenoxy) is 3. The Hall–Kier alpha value is -3.67. The molecule has 1 aromatic carbocycles. The van der Waals surface area contributed by atoms with E-state index in [1.165, 1.54) is 6.42 Å². The number of nitrogens with zero attached hydrogens (tertiary/aromatic N) is 2. The van der Waals surface area contributed by atoms with Gasteiger partial charge in [-0.15, -0.1) is 0 Å². The second-order valence-corrected chi connectivity index (χ2v) is 16.4. The molecule has 2 N–H and O–H groups in total. The highest BCUT2D eigenvalue weighted by Crippen LogP contribution is 2.41. The number of carbonyl (C=O) groups excluding carboxylic acids is 4. The van der Waals surface area contributed by atoms with Crippen LogP contribution in [0.5, 0.6) is 0 Å². The second-order valence-electron chi connectivity index (χ2n) is 16.4. The van der Waals surface area contributed by atoms with Gasteiger partial charge < -0.3 is 34.3 Å². The van der Waals surface area contributed by atoms with E-state index < -0.39 is 36.4 Å². The highest BCUT2D eigenvalue weighted by Gasteiger charge is 2.47. The van der Waals surface area contributed by atoms with Crippen LogP contribution in [-0.4, -0.2) is 83.6 Å². The average molecular weight is 725 g/mol. The van der Waals surface area contributed by atoms with E-state index in [2.05, 4.69) is 10.6 Å². The van der Waals surface area contributed by atoms with Crippen LogP contribution in [0.1, 0.15) is 108 Å². The smallest absolute Gasteiger partial charge is 0.407 e.